The molecule has 1 aliphatic rings. The van der Waals surface area contributed by atoms with Crippen molar-refractivity contribution in [1.29, 1.82) is 0 Å². The molecule has 1 N–H and O–H groups in total. The van der Waals surface area contributed by atoms with Crippen molar-refractivity contribution < 1.29 is 39.7 Å². The van der Waals surface area contributed by atoms with Gasteiger partial charge in [0, 0.05) is 37.3 Å². The zero-order valence-corrected chi connectivity index (χ0v) is 20.6. The van der Waals surface area contributed by atoms with E-state index in [1.807, 2.05) is 0 Å². The Balaban J connectivity index is 1.99. The first kappa shape index (κ1) is 28.4. The molecular weight excluding hydrogens is 506 g/mol. The summed E-state index contributed by atoms with van der Waals surface area (Å²) in [5.41, 5.74) is -6.44. The highest BCUT2D eigenvalue weighted by molar-refractivity contribution is 7.87. The largest absolute Gasteiger partial charge is 0.523 e. The molecule has 1 atom stereocenters. The third kappa shape index (κ3) is 7.84. The summed E-state index contributed by atoms with van der Waals surface area (Å²) in [6.07, 6.45) is 3.19. The van der Waals surface area contributed by atoms with Crippen molar-refractivity contribution in [2.75, 3.05) is 25.0 Å². The Hall–Kier alpha value is -1.86. The predicted octanol–water partition coefficient (Wildman–Crippen LogP) is 4.87. The maximum atomic E-state index is 14.8. The van der Waals surface area contributed by atoms with E-state index >= 15 is 0 Å². The van der Waals surface area contributed by atoms with Gasteiger partial charge in [0.25, 0.3) is 0 Å². The number of ether oxygens (including phenoxy) is 1. The number of hydrogen-bond donors (Lipinski definition) is 1. The van der Waals surface area contributed by atoms with Gasteiger partial charge in [-0.05, 0) is 46.5 Å². The lowest BCUT2D eigenvalue weighted by molar-refractivity contribution is -0.0541. The number of hydrogen-bond acceptors (Lipinski definition) is 7. The normalized spacial score (nSPS) is 17.5. The van der Waals surface area contributed by atoms with E-state index in [2.05, 4.69) is 14.5 Å². The summed E-state index contributed by atoms with van der Waals surface area (Å²) < 4.78 is 83.3. The van der Waals surface area contributed by atoms with Gasteiger partial charge in [-0.2, -0.15) is 21.6 Å². The minimum atomic E-state index is -5.79. The quantitative estimate of drug-likeness (QED) is 0.289. The van der Waals surface area contributed by atoms with Crippen molar-refractivity contribution in [3.8, 4) is 0 Å². The molecule has 1 aromatic rings. The number of piperidine rings is 1. The monoisotopic (exact) mass is 533 g/mol. The van der Waals surface area contributed by atoms with Gasteiger partial charge in [-0.3, -0.25) is 4.18 Å². The molecule has 2 rings (SSSR count). The molecule has 0 aromatic carbocycles. The SMILES string of the molecule is CC(C)(C)OC(=O)N1CCCCC1CCNc1ncc(Cl)c(CCOS(=O)(=O)C(F)(F)F)c1F. The van der Waals surface area contributed by atoms with E-state index in [-0.39, 0.29) is 29.0 Å². The van der Waals surface area contributed by atoms with Crippen molar-refractivity contribution in [3.63, 3.8) is 0 Å². The second kappa shape index (κ2) is 11.3. The summed E-state index contributed by atoms with van der Waals surface area (Å²) in [5.74, 6) is -1.12. The second-order valence-electron chi connectivity index (χ2n) is 8.76. The minimum absolute atomic E-state index is 0.119. The summed E-state index contributed by atoms with van der Waals surface area (Å²) in [5, 5.41) is 2.62. The van der Waals surface area contributed by atoms with Crippen LogP contribution in [0.1, 0.15) is 52.0 Å². The third-order valence-electron chi connectivity index (χ3n) is 4.97. The number of halogens is 5. The lowest BCUT2D eigenvalue weighted by atomic mass is 10.00. The van der Waals surface area contributed by atoms with Gasteiger partial charge < -0.3 is 15.0 Å². The number of aromatic nitrogens is 1. The number of pyridine rings is 1. The van der Waals surface area contributed by atoms with Gasteiger partial charge in [0.15, 0.2) is 11.6 Å². The van der Waals surface area contributed by atoms with Crippen LogP contribution in [-0.2, 0) is 25.5 Å². The molecule has 194 valence electrons. The molecule has 0 spiro atoms. The zero-order valence-electron chi connectivity index (χ0n) is 19.0. The second-order valence-corrected chi connectivity index (χ2v) is 10.8. The van der Waals surface area contributed by atoms with Crippen molar-refractivity contribution in [3.05, 3.63) is 22.6 Å². The molecule has 8 nitrogen and oxygen atoms in total. The number of nitrogens with zero attached hydrogens (tertiary/aromatic N) is 2. The number of likely N-dealkylation sites (tertiary alicyclic amines) is 1. The molecule has 14 heteroatoms. The van der Waals surface area contributed by atoms with Crippen LogP contribution in [0.2, 0.25) is 5.02 Å². The number of carbonyl (C=O) groups excluding carboxylic acids is 1. The fraction of sp³-hybridized carbons (Fsp3) is 0.700. The lowest BCUT2D eigenvalue weighted by Gasteiger charge is -2.36. The van der Waals surface area contributed by atoms with Gasteiger partial charge >= 0.3 is 21.7 Å². The minimum Gasteiger partial charge on any atom is -0.444 e. The molecule has 0 radical (unpaired) electrons. The number of carbonyl (C=O) groups is 1. The fourth-order valence-electron chi connectivity index (χ4n) is 3.40. The third-order valence-corrected chi connectivity index (χ3v) is 6.34. The van der Waals surface area contributed by atoms with Gasteiger partial charge in [0.1, 0.15) is 5.60 Å². The Kier molecular flexibility index (Phi) is 9.39. The van der Waals surface area contributed by atoms with Gasteiger partial charge in [-0.25, -0.2) is 14.2 Å². The molecular formula is C20H28ClF4N3O5S. The molecule has 0 bridgehead atoms. The number of alkyl halides is 3. The van der Waals surface area contributed by atoms with Crippen LogP contribution in [0.25, 0.3) is 0 Å². The van der Waals surface area contributed by atoms with Crippen LogP contribution in [0.3, 0.4) is 0 Å². The van der Waals surface area contributed by atoms with Gasteiger partial charge in [-0.15, -0.1) is 0 Å². The number of nitrogens with one attached hydrogen (secondary N) is 1. The topological polar surface area (TPSA) is 97.8 Å². The molecule has 1 unspecified atom stereocenters. The van der Waals surface area contributed by atoms with Crippen molar-refractivity contribution in [2.24, 2.45) is 0 Å². The molecule has 1 fully saturated rings. The Morgan fingerprint density at radius 2 is 1.97 bits per heavy atom. The highest BCUT2D eigenvalue weighted by Gasteiger charge is 2.47. The average Bonchev–Trinajstić information content (AvgIpc) is 2.70. The van der Waals surface area contributed by atoms with E-state index in [0.717, 1.165) is 25.5 Å². The lowest BCUT2D eigenvalue weighted by Crippen LogP contribution is -2.46. The van der Waals surface area contributed by atoms with Crippen LogP contribution in [0.15, 0.2) is 6.20 Å². The molecule has 1 amide bonds. The molecule has 0 aliphatic carbocycles. The zero-order chi connectivity index (χ0) is 25.7. The molecule has 1 aromatic heterocycles. The summed E-state index contributed by atoms with van der Waals surface area (Å²) >= 11 is 5.89. The number of anilines is 1. The summed E-state index contributed by atoms with van der Waals surface area (Å²) in [7, 11) is -5.79. The van der Waals surface area contributed by atoms with Crippen LogP contribution in [0.4, 0.5) is 28.2 Å². The van der Waals surface area contributed by atoms with Crippen LogP contribution in [-0.4, -0.2) is 61.2 Å². The fourth-order valence-corrected chi connectivity index (χ4v) is 4.06. The smallest absolute Gasteiger partial charge is 0.444 e. The highest BCUT2D eigenvalue weighted by Crippen LogP contribution is 2.28. The van der Waals surface area contributed by atoms with Crippen LogP contribution in [0.5, 0.6) is 0 Å². The Bertz CT molecular complexity index is 970. The van der Waals surface area contributed by atoms with Gasteiger partial charge in [-0.1, -0.05) is 11.6 Å². The summed E-state index contributed by atoms with van der Waals surface area (Å²) in [6, 6.07) is -0.119. The highest BCUT2D eigenvalue weighted by atomic mass is 35.5. The van der Waals surface area contributed by atoms with Crippen molar-refractivity contribution >= 4 is 33.6 Å². The van der Waals surface area contributed by atoms with E-state index in [0.29, 0.717) is 13.0 Å². The predicted molar refractivity (Wildman–Crippen MR) is 118 cm³/mol. The van der Waals surface area contributed by atoms with Crippen LogP contribution >= 0.6 is 11.6 Å². The Morgan fingerprint density at radius 1 is 1.29 bits per heavy atom. The van der Waals surface area contributed by atoms with E-state index in [4.69, 9.17) is 16.3 Å². The molecule has 2 heterocycles. The standard InChI is InChI=1S/C20H28ClF4N3O5S/c1-19(2,3)33-18(29)28-10-5-4-6-13(28)7-9-26-17-16(22)14(15(21)12-27-17)8-11-32-34(30,31)20(23,24)25/h12-13H,4-11H2,1-3H3,(H,26,27). The maximum Gasteiger partial charge on any atom is 0.523 e. The first-order valence-electron chi connectivity index (χ1n) is 10.6. The average molecular weight is 534 g/mol. The van der Waals surface area contributed by atoms with E-state index in [1.165, 1.54) is 0 Å². The molecule has 1 aliphatic heterocycles. The summed E-state index contributed by atoms with van der Waals surface area (Å²) in [4.78, 5) is 18.0. The number of rotatable bonds is 8. The Morgan fingerprint density at radius 3 is 2.59 bits per heavy atom. The molecule has 1 saturated heterocycles. The van der Waals surface area contributed by atoms with Crippen molar-refractivity contribution in [2.45, 2.75) is 70.0 Å². The first-order chi connectivity index (χ1) is 15.6. The van der Waals surface area contributed by atoms with Crippen LogP contribution in [0, 0.1) is 5.82 Å². The van der Waals surface area contributed by atoms with Crippen molar-refractivity contribution in [1.82, 2.24) is 9.88 Å². The first-order valence-corrected chi connectivity index (χ1v) is 12.4. The van der Waals surface area contributed by atoms with E-state index in [1.54, 1.807) is 25.7 Å². The number of amides is 1. The maximum absolute atomic E-state index is 14.8. The molecule has 0 saturated carbocycles. The van der Waals surface area contributed by atoms with Gasteiger partial charge in [0.2, 0.25) is 0 Å². The van der Waals surface area contributed by atoms with E-state index < -0.39 is 46.2 Å². The molecule has 34 heavy (non-hydrogen) atoms. The Labute approximate surface area is 201 Å². The van der Waals surface area contributed by atoms with Gasteiger partial charge in [0.05, 0.1) is 11.6 Å². The van der Waals surface area contributed by atoms with Crippen LogP contribution < -0.4 is 5.32 Å². The van der Waals surface area contributed by atoms with E-state index in [9.17, 15) is 30.8 Å². The summed E-state index contributed by atoms with van der Waals surface area (Å²) in [6.45, 7) is 5.19.